The molecule has 9 nitrogen and oxygen atoms in total. The Morgan fingerprint density at radius 3 is 2.50 bits per heavy atom. The number of rotatable bonds is 10. The Morgan fingerprint density at radius 2 is 1.81 bits per heavy atom. The van der Waals surface area contributed by atoms with E-state index in [4.69, 9.17) is 14.8 Å². The summed E-state index contributed by atoms with van der Waals surface area (Å²) in [7, 11) is -3.08. The van der Waals surface area contributed by atoms with Crippen molar-refractivity contribution in [3.63, 3.8) is 0 Å². The van der Waals surface area contributed by atoms with Crippen LogP contribution in [0.3, 0.4) is 0 Å². The summed E-state index contributed by atoms with van der Waals surface area (Å²) in [6.45, 7) is 0.113. The molecule has 0 aliphatic carbocycles. The minimum Gasteiger partial charge on any atom is -0.381 e. The van der Waals surface area contributed by atoms with Crippen molar-refractivity contribution in [1.82, 2.24) is 5.16 Å². The van der Waals surface area contributed by atoms with Crippen LogP contribution in [0.1, 0.15) is 16.8 Å². The lowest BCUT2D eigenvalue weighted by atomic mass is 10.1. The Labute approximate surface area is 205 Å². The molecule has 1 atom stereocenters. The Balaban J connectivity index is 1.39. The third-order valence-electron chi connectivity index (χ3n) is 5.30. The molecule has 0 bridgehead atoms. The number of hydrogen-bond donors (Lipinski definition) is 3. The zero-order chi connectivity index (χ0) is 25.7. The first-order valence-corrected chi connectivity index (χ1v) is 12.3. The molecule has 0 aliphatic heterocycles. The minimum absolute atomic E-state index is 0.256. The van der Waals surface area contributed by atoms with Crippen LogP contribution >= 0.6 is 7.82 Å². The summed E-state index contributed by atoms with van der Waals surface area (Å²) in [5.41, 5.74) is 9.69. The molecule has 12 heteroatoms. The van der Waals surface area contributed by atoms with Gasteiger partial charge in [0.1, 0.15) is 17.2 Å². The van der Waals surface area contributed by atoms with Crippen molar-refractivity contribution in [2.24, 2.45) is 0 Å². The van der Waals surface area contributed by atoms with E-state index in [0.29, 0.717) is 35.7 Å². The largest absolute Gasteiger partial charge is 0.475 e. The number of aromatic nitrogens is 2. The van der Waals surface area contributed by atoms with Gasteiger partial charge in [0.05, 0.1) is 11.9 Å². The van der Waals surface area contributed by atoms with Gasteiger partial charge in [-0.1, -0.05) is 29.4 Å². The van der Waals surface area contributed by atoms with Crippen LogP contribution in [0.4, 0.5) is 20.3 Å². The predicted molar refractivity (Wildman–Crippen MR) is 127 cm³/mol. The highest BCUT2D eigenvalue weighted by Gasteiger charge is 2.22. The van der Waals surface area contributed by atoms with Crippen LogP contribution in [-0.4, -0.2) is 17.2 Å². The van der Waals surface area contributed by atoms with Gasteiger partial charge in [0.15, 0.2) is 5.76 Å². The highest BCUT2D eigenvalue weighted by molar-refractivity contribution is 7.47. The van der Waals surface area contributed by atoms with Crippen molar-refractivity contribution in [3.8, 4) is 11.3 Å². The predicted octanol–water partition coefficient (Wildman–Crippen LogP) is 4.41. The number of nitrogens with zero attached hydrogens (tertiary/aromatic N) is 2. The molecular weight excluding hydrogens is 493 g/mol. The number of nitrogens with one attached hydrogen (secondary N) is 1. The van der Waals surface area contributed by atoms with Gasteiger partial charge >= 0.3 is 7.82 Å². The van der Waals surface area contributed by atoms with Crippen LogP contribution in [0.15, 0.2) is 71.4 Å². The number of anilines is 2. The fourth-order valence-electron chi connectivity index (χ4n) is 3.44. The maximum atomic E-state index is 13.3. The van der Waals surface area contributed by atoms with Gasteiger partial charge in [-0.05, 0) is 35.4 Å². The molecule has 36 heavy (non-hydrogen) atoms. The number of halogens is 2. The average molecular weight is 517 g/mol. The highest BCUT2D eigenvalue weighted by atomic mass is 31.2. The van der Waals surface area contributed by atoms with E-state index in [9.17, 15) is 18.2 Å². The van der Waals surface area contributed by atoms with Gasteiger partial charge in [0.25, 0.3) is 5.82 Å². The van der Waals surface area contributed by atoms with E-state index >= 15 is 0 Å². The average Bonchev–Trinajstić information content (AvgIpc) is 3.30. The molecule has 0 aliphatic rings. The molecule has 0 amide bonds. The third kappa shape index (κ3) is 6.52. The Bertz CT molecular complexity index is 1380. The summed E-state index contributed by atoms with van der Waals surface area (Å²) in [6, 6.07) is 16.2. The van der Waals surface area contributed by atoms with Crippen molar-refractivity contribution >= 4 is 19.3 Å². The number of hydrogen-bond acceptors (Lipinski definition) is 7. The van der Waals surface area contributed by atoms with Crippen LogP contribution in [0.2, 0.25) is 0 Å². The number of pyridine rings is 1. The lowest BCUT2D eigenvalue weighted by Gasteiger charge is -2.09. The normalized spacial score (nSPS) is 12.9. The van der Waals surface area contributed by atoms with Gasteiger partial charge in [-0.2, -0.15) is 0 Å². The first kappa shape index (κ1) is 25.5. The Hall–Kier alpha value is -3.63. The van der Waals surface area contributed by atoms with E-state index in [1.165, 1.54) is 16.7 Å². The molecule has 188 valence electrons. The first-order chi connectivity index (χ1) is 17.2. The van der Waals surface area contributed by atoms with E-state index in [1.54, 1.807) is 24.4 Å². The van der Waals surface area contributed by atoms with Crippen LogP contribution in [0, 0.1) is 11.6 Å². The summed E-state index contributed by atoms with van der Waals surface area (Å²) >= 11 is 0. The van der Waals surface area contributed by atoms with Gasteiger partial charge < -0.3 is 14.7 Å². The van der Waals surface area contributed by atoms with E-state index in [-0.39, 0.29) is 12.5 Å². The third-order valence-corrected chi connectivity index (χ3v) is 6.20. The van der Waals surface area contributed by atoms with Gasteiger partial charge in [-0.3, -0.25) is 10.3 Å². The molecule has 0 saturated heterocycles. The summed E-state index contributed by atoms with van der Waals surface area (Å²) in [6.07, 6.45) is 2.09. The molecule has 0 saturated carbocycles. The molecule has 2 heterocycles. The first-order valence-electron chi connectivity index (χ1n) is 10.8. The Morgan fingerprint density at radius 1 is 1.11 bits per heavy atom. The van der Waals surface area contributed by atoms with E-state index in [1.807, 2.05) is 24.3 Å². The number of phosphoric ester groups is 1. The molecule has 0 radical (unpaired) electrons. The highest BCUT2D eigenvalue weighted by Crippen LogP contribution is 2.41. The fraction of sp³-hybridized carbons (Fsp3) is 0.167. The van der Waals surface area contributed by atoms with E-state index in [0.717, 1.165) is 24.3 Å². The molecule has 2 aromatic heterocycles. The molecule has 1 unspecified atom stereocenters. The molecule has 2 aromatic carbocycles. The molecule has 0 fully saturated rings. The number of phosphoric acid groups is 1. The maximum Gasteiger partial charge on any atom is 0.475 e. The fourth-order valence-corrected chi connectivity index (χ4v) is 3.81. The van der Waals surface area contributed by atoms with Crippen LogP contribution in [0.5, 0.6) is 0 Å². The molecule has 0 spiro atoms. The van der Waals surface area contributed by atoms with Crippen molar-refractivity contribution in [1.29, 1.82) is 0 Å². The van der Waals surface area contributed by atoms with Crippen molar-refractivity contribution < 1.29 is 36.4 Å². The summed E-state index contributed by atoms with van der Waals surface area (Å²) < 4.78 is 54.4. The minimum atomic E-state index is -4.15. The Kier molecular flexibility index (Phi) is 7.76. The van der Waals surface area contributed by atoms with Gasteiger partial charge in [0.2, 0.25) is 6.73 Å². The molecule has 4 rings (SSSR count). The number of benzene rings is 2. The lowest BCUT2D eigenvalue weighted by Crippen LogP contribution is -2.38. The number of nitrogens with two attached hydrogens (primary N) is 1. The molecule has 4 N–H and O–H groups in total. The van der Waals surface area contributed by atoms with Crippen molar-refractivity contribution in [2.45, 2.75) is 19.7 Å². The SMILES string of the molecule is COP(=O)(O)OC[n+]1cccc(-c2cc(Cc3ccc(CNc4cc(F)cc(F)c4)cc3)no2)c1N. The lowest BCUT2D eigenvalue weighted by molar-refractivity contribution is -0.711. The van der Waals surface area contributed by atoms with E-state index < -0.39 is 19.5 Å². The summed E-state index contributed by atoms with van der Waals surface area (Å²) in [4.78, 5) is 9.42. The standard InChI is InChI=1S/C24H23F2N4O5P/c1-33-36(31,32)34-15-30-8-2-3-22(24(30)27)23-13-21(29-35-23)9-16-4-6-17(7-5-16)14-28-20-11-18(25)10-19(26)12-20/h2-8,10-13,27-28H,9,14-15H2,1H3,(H,31,32)/p+1. The van der Waals surface area contributed by atoms with Gasteiger partial charge in [-0.15, -0.1) is 0 Å². The molecule has 4 aromatic rings. The smallest absolute Gasteiger partial charge is 0.381 e. The summed E-state index contributed by atoms with van der Waals surface area (Å²) in [5.74, 6) is -0.588. The van der Waals surface area contributed by atoms with Gasteiger partial charge in [-0.25, -0.2) is 22.4 Å². The topological polar surface area (TPSA) is 124 Å². The second-order valence-corrected chi connectivity index (χ2v) is 9.43. The summed E-state index contributed by atoms with van der Waals surface area (Å²) in [5, 5.41) is 7.11. The van der Waals surface area contributed by atoms with Gasteiger partial charge in [0, 0.05) is 37.9 Å². The molecular formula is C24H24F2N4O5P+. The van der Waals surface area contributed by atoms with Crippen LogP contribution < -0.4 is 15.6 Å². The quantitative estimate of drug-likeness (QED) is 0.209. The monoisotopic (exact) mass is 517 g/mol. The van der Waals surface area contributed by atoms with E-state index in [2.05, 4.69) is 15.0 Å². The zero-order valence-electron chi connectivity index (χ0n) is 19.2. The number of nitrogen functional groups attached to an aromatic ring is 1. The second kappa shape index (κ2) is 11.0. The maximum absolute atomic E-state index is 13.3. The van der Waals surface area contributed by atoms with Crippen LogP contribution in [-0.2, 0) is 33.3 Å². The zero-order valence-corrected chi connectivity index (χ0v) is 20.1. The van der Waals surface area contributed by atoms with Crippen LogP contribution in [0.25, 0.3) is 11.3 Å². The van der Waals surface area contributed by atoms with Crippen molar-refractivity contribution in [2.75, 3.05) is 18.2 Å². The second-order valence-electron chi connectivity index (χ2n) is 7.87. The van der Waals surface area contributed by atoms with Crippen molar-refractivity contribution in [3.05, 3.63) is 95.3 Å².